The standard InChI is InChI=1S/C12H11ClN4O4/c1-2-19-12(18)11-14-15-16-17(11)5-7-3-8(13)10-9(4-7)20-6-21-10/h3-4H,2,5-6H2,1H3. The van der Waals surface area contributed by atoms with Gasteiger partial charge in [0, 0.05) is 0 Å². The molecule has 2 aromatic rings. The SMILES string of the molecule is CCOC(=O)c1nnnn1Cc1cc(Cl)c2c(c1)OCO2. The highest BCUT2D eigenvalue weighted by Gasteiger charge is 2.21. The van der Waals surface area contributed by atoms with E-state index in [-0.39, 0.29) is 25.8 Å². The van der Waals surface area contributed by atoms with E-state index in [1.54, 1.807) is 19.1 Å². The third-order valence-corrected chi connectivity index (χ3v) is 3.09. The van der Waals surface area contributed by atoms with Crippen molar-refractivity contribution in [2.45, 2.75) is 13.5 Å². The molecule has 0 aliphatic carbocycles. The Morgan fingerprint density at radius 2 is 2.33 bits per heavy atom. The van der Waals surface area contributed by atoms with E-state index in [2.05, 4.69) is 15.5 Å². The molecule has 0 N–H and O–H groups in total. The number of tetrazole rings is 1. The van der Waals surface area contributed by atoms with Crippen molar-refractivity contribution in [2.24, 2.45) is 0 Å². The quantitative estimate of drug-likeness (QED) is 0.786. The fourth-order valence-corrected chi connectivity index (χ4v) is 2.23. The summed E-state index contributed by atoms with van der Waals surface area (Å²) in [6, 6.07) is 3.48. The van der Waals surface area contributed by atoms with Gasteiger partial charge in [0.1, 0.15) is 0 Å². The predicted molar refractivity (Wildman–Crippen MR) is 70.5 cm³/mol. The van der Waals surface area contributed by atoms with E-state index < -0.39 is 5.97 Å². The lowest BCUT2D eigenvalue weighted by molar-refractivity contribution is 0.0505. The molecule has 0 atom stereocenters. The fourth-order valence-electron chi connectivity index (χ4n) is 1.94. The smallest absolute Gasteiger partial charge is 0.378 e. The second kappa shape index (κ2) is 5.57. The highest BCUT2D eigenvalue weighted by molar-refractivity contribution is 6.32. The molecule has 0 amide bonds. The summed E-state index contributed by atoms with van der Waals surface area (Å²) < 4.78 is 16.8. The lowest BCUT2D eigenvalue weighted by atomic mass is 10.2. The predicted octanol–water partition coefficient (Wildman–Crippen LogP) is 1.28. The van der Waals surface area contributed by atoms with Gasteiger partial charge < -0.3 is 14.2 Å². The largest absolute Gasteiger partial charge is 0.460 e. The summed E-state index contributed by atoms with van der Waals surface area (Å²) in [6.07, 6.45) is 0. The Kier molecular flexibility index (Phi) is 3.61. The van der Waals surface area contributed by atoms with Crippen LogP contribution in [0.1, 0.15) is 23.1 Å². The number of benzene rings is 1. The maximum Gasteiger partial charge on any atom is 0.378 e. The molecule has 0 radical (unpaired) electrons. The molecule has 21 heavy (non-hydrogen) atoms. The van der Waals surface area contributed by atoms with E-state index in [4.69, 9.17) is 25.8 Å². The topological polar surface area (TPSA) is 88.4 Å². The molecule has 0 bridgehead atoms. The van der Waals surface area contributed by atoms with Crippen LogP contribution in [-0.4, -0.2) is 39.6 Å². The van der Waals surface area contributed by atoms with Crippen molar-refractivity contribution in [3.8, 4) is 11.5 Å². The summed E-state index contributed by atoms with van der Waals surface area (Å²) >= 11 is 6.11. The van der Waals surface area contributed by atoms with Crippen LogP contribution in [0.3, 0.4) is 0 Å². The Morgan fingerprint density at radius 1 is 1.48 bits per heavy atom. The summed E-state index contributed by atoms with van der Waals surface area (Å²) in [6.45, 7) is 2.36. The van der Waals surface area contributed by atoms with Gasteiger partial charge in [-0.3, -0.25) is 0 Å². The van der Waals surface area contributed by atoms with Gasteiger partial charge in [0.25, 0.3) is 5.82 Å². The Balaban J connectivity index is 1.86. The highest BCUT2D eigenvalue weighted by atomic mass is 35.5. The van der Waals surface area contributed by atoms with Crippen LogP contribution >= 0.6 is 11.6 Å². The average molecular weight is 311 g/mol. The van der Waals surface area contributed by atoms with Gasteiger partial charge in [-0.05, 0) is 35.0 Å². The van der Waals surface area contributed by atoms with Crippen molar-refractivity contribution >= 4 is 17.6 Å². The van der Waals surface area contributed by atoms with Gasteiger partial charge in [0.2, 0.25) is 6.79 Å². The minimum Gasteiger partial charge on any atom is -0.460 e. The second-order valence-corrected chi connectivity index (χ2v) is 4.60. The minimum atomic E-state index is -0.575. The van der Waals surface area contributed by atoms with Crippen molar-refractivity contribution in [2.75, 3.05) is 13.4 Å². The molecule has 0 fully saturated rings. The summed E-state index contributed by atoms with van der Waals surface area (Å²) in [5.41, 5.74) is 0.780. The normalized spacial score (nSPS) is 12.5. The number of fused-ring (bicyclic) bond motifs is 1. The van der Waals surface area contributed by atoms with Gasteiger partial charge in [0.15, 0.2) is 11.5 Å². The Bertz CT molecular complexity index is 688. The first kappa shape index (κ1) is 13.6. The first-order valence-corrected chi connectivity index (χ1v) is 6.58. The van der Waals surface area contributed by atoms with Crippen LogP contribution in [-0.2, 0) is 11.3 Å². The van der Waals surface area contributed by atoms with Crippen LogP contribution in [0.5, 0.6) is 11.5 Å². The molecule has 1 aliphatic rings. The fraction of sp³-hybridized carbons (Fsp3) is 0.333. The lowest BCUT2D eigenvalue weighted by Crippen LogP contribution is -2.15. The zero-order valence-electron chi connectivity index (χ0n) is 11.1. The third-order valence-electron chi connectivity index (χ3n) is 2.81. The lowest BCUT2D eigenvalue weighted by Gasteiger charge is -2.06. The first-order chi connectivity index (χ1) is 10.2. The van der Waals surface area contributed by atoms with Crippen molar-refractivity contribution in [1.29, 1.82) is 0 Å². The average Bonchev–Trinajstić information content (AvgIpc) is 3.08. The molecule has 0 saturated heterocycles. The first-order valence-electron chi connectivity index (χ1n) is 6.20. The minimum absolute atomic E-state index is 0.0330. The molecular formula is C12H11ClN4O4. The van der Waals surface area contributed by atoms with E-state index in [9.17, 15) is 4.79 Å². The van der Waals surface area contributed by atoms with Gasteiger partial charge in [-0.25, -0.2) is 9.48 Å². The molecule has 9 heteroatoms. The van der Waals surface area contributed by atoms with Gasteiger partial charge in [-0.2, -0.15) is 0 Å². The molecule has 1 aromatic heterocycles. The van der Waals surface area contributed by atoms with Gasteiger partial charge >= 0.3 is 5.97 Å². The molecular weight excluding hydrogens is 300 g/mol. The van der Waals surface area contributed by atoms with E-state index >= 15 is 0 Å². The summed E-state index contributed by atoms with van der Waals surface area (Å²) in [7, 11) is 0. The zero-order valence-corrected chi connectivity index (χ0v) is 11.8. The van der Waals surface area contributed by atoms with Gasteiger partial charge in [0.05, 0.1) is 18.2 Å². The number of rotatable bonds is 4. The number of halogens is 1. The number of carbonyl (C=O) groups is 1. The van der Waals surface area contributed by atoms with Crippen LogP contribution < -0.4 is 9.47 Å². The number of aromatic nitrogens is 4. The summed E-state index contributed by atoms with van der Waals surface area (Å²) in [5, 5.41) is 11.4. The van der Waals surface area contributed by atoms with Crippen molar-refractivity contribution < 1.29 is 19.0 Å². The Labute approximate surface area is 124 Å². The van der Waals surface area contributed by atoms with Crippen LogP contribution in [0.25, 0.3) is 0 Å². The van der Waals surface area contributed by atoms with Crippen LogP contribution in [0, 0.1) is 0 Å². The van der Waals surface area contributed by atoms with E-state index in [1.165, 1.54) is 4.68 Å². The number of nitrogens with zero attached hydrogens (tertiary/aromatic N) is 4. The molecule has 8 nitrogen and oxygen atoms in total. The van der Waals surface area contributed by atoms with Crippen molar-refractivity contribution in [3.05, 3.63) is 28.5 Å². The van der Waals surface area contributed by atoms with E-state index in [0.717, 1.165) is 5.56 Å². The highest BCUT2D eigenvalue weighted by Crippen LogP contribution is 2.39. The van der Waals surface area contributed by atoms with Gasteiger partial charge in [-0.1, -0.05) is 11.6 Å². The van der Waals surface area contributed by atoms with Crippen molar-refractivity contribution in [3.63, 3.8) is 0 Å². The van der Waals surface area contributed by atoms with Gasteiger partial charge in [-0.15, -0.1) is 5.10 Å². The molecule has 0 saturated carbocycles. The number of hydrogen-bond donors (Lipinski definition) is 0. The molecule has 110 valence electrons. The zero-order chi connectivity index (χ0) is 14.8. The maximum atomic E-state index is 11.7. The number of esters is 1. The number of carbonyl (C=O) groups excluding carboxylic acids is 1. The summed E-state index contributed by atoms with van der Waals surface area (Å²) in [4.78, 5) is 11.7. The number of hydrogen-bond acceptors (Lipinski definition) is 7. The molecule has 1 aromatic carbocycles. The molecule has 0 unspecified atom stereocenters. The maximum absolute atomic E-state index is 11.7. The number of ether oxygens (including phenoxy) is 3. The van der Waals surface area contributed by atoms with Crippen LogP contribution in [0.15, 0.2) is 12.1 Å². The van der Waals surface area contributed by atoms with Crippen molar-refractivity contribution in [1.82, 2.24) is 20.2 Å². The third kappa shape index (κ3) is 2.62. The van der Waals surface area contributed by atoms with Crippen LogP contribution in [0.2, 0.25) is 5.02 Å². The Morgan fingerprint density at radius 3 is 3.14 bits per heavy atom. The van der Waals surface area contributed by atoms with E-state index in [1.807, 2.05) is 0 Å². The van der Waals surface area contributed by atoms with Crippen LogP contribution in [0.4, 0.5) is 0 Å². The molecule has 0 spiro atoms. The second-order valence-electron chi connectivity index (χ2n) is 4.19. The van der Waals surface area contributed by atoms with E-state index in [0.29, 0.717) is 16.5 Å². The summed E-state index contributed by atoms with van der Waals surface area (Å²) in [5.74, 6) is 0.533. The molecule has 2 heterocycles. The monoisotopic (exact) mass is 310 g/mol. The molecule has 3 rings (SSSR count). The Hall–Kier alpha value is -2.35. The molecule has 1 aliphatic heterocycles.